The summed E-state index contributed by atoms with van der Waals surface area (Å²) in [6.45, 7) is 4.15. The smallest absolute Gasteiger partial charge is 0.123 e. The molecule has 2 rings (SSSR count). The number of hydrogen-bond donors (Lipinski definition) is 1. The van der Waals surface area contributed by atoms with Crippen molar-refractivity contribution in [3.05, 3.63) is 29.3 Å². The first kappa shape index (κ1) is 11.2. The summed E-state index contributed by atoms with van der Waals surface area (Å²) in [6.07, 6.45) is 1.37. The van der Waals surface area contributed by atoms with Crippen LogP contribution in [0.2, 0.25) is 0 Å². The van der Waals surface area contributed by atoms with Gasteiger partial charge in [0.2, 0.25) is 0 Å². The molecule has 0 bridgehead atoms. The lowest BCUT2D eigenvalue weighted by molar-refractivity contribution is 0.229. The van der Waals surface area contributed by atoms with Crippen molar-refractivity contribution in [2.75, 3.05) is 17.5 Å². The van der Waals surface area contributed by atoms with Crippen LogP contribution in [-0.4, -0.2) is 23.6 Å². The van der Waals surface area contributed by atoms with E-state index < -0.39 is 0 Å². The molecule has 1 aliphatic rings. The number of alkyl halides is 1. The van der Waals surface area contributed by atoms with E-state index in [0.717, 1.165) is 29.7 Å². The van der Waals surface area contributed by atoms with Crippen LogP contribution in [0.3, 0.4) is 0 Å². The van der Waals surface area contributed by atoms with Crippen LogP contribution in [0.25, 0.3) is 0 Å². The lowest BCUT2D eigenvalue weighted by atomic mass is 10.1. The second-order valence-electron chi connectivity index (χ2n) is 3.95. The van der Waals surface area contributed by atoms with E-state index in [9.17, 15) is 0 Å². The van der Waals surface area contributed by atoms with Gasteiger partial charge in [-0.2, -0.15) is 0 Å². The van der Waals surface area contributed by atoms with Gasteiger partial charge in [0.15, 0.2) is 0 Å². The number of ether oxygens (including phenoxy) is 1. The molecule has 82 valence electrons. The summed E-state index contributed by atoms with van der Waals surface area (Å²) in [5.41, 5.74) is 2.68. The summed E-state index contributed by atoms with van der Waals surface area (Å²) in [4.78, 5) is 0. The molecule has 0 saturated carbocycles. The third-order valence-electron chi connectivity index (χ3n) is 2.60. The van der Waals surface area contributed by atoms with Gasteiger partial charge in [0.1, 0.15) is 11.9 Å². The SMILES string of the molecule is Cc1ccc2c(c1)CC(CNCCI)O2. The molecule has 0 amide bonds. The molecule has 3 heteroatoms. The van der Waals surface area contributed by atoms with Crippen LogP contribution < -0.4 is 10.1 Å². The lowest BCUT2D eigenvalue weighted by Crippen LogP contribution is -2.31. The molecule has 1 aliphatic heterocycles. The van der Waals surface area contributed by atoms with E-state index in [1.54, 1.807) is 0 Å². The van der Waals surface area contributed by atoms with E-state index in [-0.39, 0.29) is 0 Å². The minimum atomic E-state index is 0.324. The minimum Gasteiger partial charge on any atom is -0.488 e. The second-order valence-corrected chi connectivity index (χ2v) is 5.03. The monoisotopic (exact) mass is 317 g/mol. The van der Waals surface area contributed by atoms with Gasteiger partial charge in [0.05, 0.1) is 0 Å². The third-order valence-corrected chi connectivity index (χ3v) is 3.14. The van der Waals surface area contributed by atoms with Crippen LogP contribution in [0.5, 0.6) is 5.75 Å². The molecule has 0 fully saturated rings. The highest BCUT2D eigenvalue weighted by Gasteiger charge is 2.21. The van der Waals surface area contributed by atoms with Crippen LogP contribution in [0.1, 0.15) is 11.1 Å². The first-order valence-electron chi connectivity index (χ1n) is 5.32. The van der Waals surface area contributed by atoms with Crippen LogP contribution in [0, 0.1) is 6.92 Å². The van der Waals surface area contributed by atoms with Gasteiger partial charge >= 0.3 is 0 Å². The van der Waals surface area contributed by atoms with Crippen LogP contribution in [0.4, 0.5) is 0 Å². The number of halogens is 1. The van der Waals surface area contributed by atoms with Gasteiger partial charge in [0, 0.05) is 23.9 Å². The van der Waals surface area contributed by atoms with Crippen LogP contribution >= 0.6 is 22.6 Å². The summed E-state index contributed by atoms with van der Waals surface area (Å²) >= 11 is 2.38. The quantitative estimate of drug-likeness (QED) is 0.523. The van der Waals surface area contributed by atoms with Gasteiger partial charge in [-0.15, -0.1) is 0 Å². The molecule has 1 unspecified atom stereocenters. The molecule has 0 radical (unpaired) electrons. The Labute approximate surface area is 105 Å². The van der Waals surface area contributed by atoms with E-state index in [2.05, 4.69) is 53.0 Å². The van der Waals surface area contributed by atoms with Crippen molar-refractivity contribution in [3.8, 4) is 5.75 Å². The Kier molecular flexibility index (Phi) is 3.86. The molecule has 1 aromatic rings. The molecule has 0 aliphatic carbocycles. The van der Waals surface area contributed by atoms with Gasteiger partial charge in [-0.05, 0) is 18.6 Å². The van der Waals surface area contributed by atoms with Gasteiger partial charge in [0.25, 0.3) is 0 Å². The van der Waals surface area contributed by atoms with Gasteiger partial charge in [-0.1, -0.05) is 40.3 Å². The highest BCUT2D eigenvalue weighted by molar-refractivity contribution is 14.1. The summed E-state index contributed by atoms with van der Waals surface area (Å²) in [5, 5.41) is 3.39. The Morgan fingerprint density at radius 1 is 1.53 bits per heavy atom. The lowest BCUT2D eigenvalue weighted by Gasteiger charge is -2.10. The van der Waals surface area contributed by atoms with Crippen LogP contribution in [0.15, 0.2) is 18.2 Å². The van der Waals surface area contributed by atoms with Crippen LogP contribution in [-0.2, 0) is 6.42 Å². The van der Waals surface area contributed by atoms with Crippen molar-refractivity contribution in [3.63, 3.8) is 0 Å². The normalized spacial score (nSPS) is 18.7. The Bertz CT molecular complexity index is 340. The van der Waals surface area contributed by atoms with Crippen molar-refractivity contribution in [2.24, 2.45) is 0 Å². The minimum absolute atomic E-state index is 0.324. The Morgan fingerprint density at radius 2 is 2.40 bits per heavy atom. The maximum atomic E-state index is 5.84. The van der Waals surface area contributed by atoms with Crippen molar-refractivity contribution in [1.29, 1.82) is 0 Å². The number of fused-ring (bicyclic) bond motifs is 1. The van der Waals surface area contributed by atoms with Crippen molar-refractivity contribution >= 4 is 22.6 Å². The zero-order valence-corrected chi connectivity index (χ0v) is 11.1. The molecule has 1 N–H and O–H groups in total. The highest BCUT2D eigenvalue weighted by Crippen LogP contribution is 2.29. The van der Waals surface area contributed by atoms with E-state index in [1.165, 1.54) is 11.1 Å². The average molecular weight is 317 g/mol. The summed E-state index contributed by atoms with van der Waals surface area (Å²) < 4.78 is 6.99. The Hall–Kier alpha value is -0.290. The zero-order valence-electron chi connectivity index (χ0n) is 8.92. The maximum Gasteiger partial charge on any atom is 0.123 e. The molecule has 1 heterocycles. The van der Waals surface area contributed by atoms with E-state index in [0.29, 0.717) is 6.10 Å². The van der Waals surface area contributed by atoms with Crippen molar-refractivity contribution < 1.29 is 4.74 Å². The Balaban J connectivity index is 1.91. The molecule has 0 aromatic heterocycles. The molecular weight excluding hydrogens is 301 g/mol. The summed E-state index contributed by atoms with van der Waals surface area (Å²) in [5.74, 6) is 1.07. The fraction of sp³-hybridized carbons (Fsp3) is 0.500. The predicted molar refractivity (Wildman–Crippen MR) is 71.1 cm³/mol. The summed E-state index contributed by atoms with van der Waals surface area (Å²) in [6, 6.07) is 6.43. The number of nitrogens with one attached hydrogen (secondary N) is 1. The second kappa shape index (κ2) is 5.16. The zero-order chi connectivity index (χ0) is 10.7. The van der Waals surface area contributed by atoms with Gasteiger partial charge < -0.3 is 10.1 Å². The predicted octanol–water partition coefficient (Wildman–Crippen LogP) is 2.32. The van der Waals surface area contributed by atoms with E-state index in [1.807, 2.05) is 0 Å². The standard InChI is InChI=1S/C12H16INO/c1-9-2-3-12-10(6-9)7-11(15-12)8-14-5-4-13/h2-3,6,11,14H,4-5,7-8H2,1H3. The van der Waals surface area contributed by atoms with E-state index in [4.69, 9.17) is 4.74 Å². The highest BCUT2D eigenvalue weighted by atomic mass is 127. The number of aryl methyl sites for hydroxylation is 1. The first-order chi connectivity index (χ1) is 7.29. The fourth-order valence-electron chi connectivity index (χ4n) is 1.89. The maximum absolute atomic E-state index is 5.84. The molecule has 0 spiro atoms. The molecule has 1 aromatic carbocycles. The Morgan fingerprint density at radius 3 is 3.20 bits per heavy atom. The van der Waals surface area contributed by atoms with Gasteiger partial charge in [-0.25, -0.2) is 0 Å². The fourth-order valence-corrected chi connectivity index (χ4v) is 2.27. The molecule has 2 nitrogen and oxygen atoms in total. The largest absolute Gasteiger partial charge is 0.488 e. The molecule has 15 heavy (non-hydrogen) atoms. The number of rotatable bonds is 4. The van der Waals surface area contributed by atoms with Gasteiger partial charge in [-0.3, -0.25) is 0 Å². The summed E-state index contributed by atoms with van der Waals surface area (Å²) in [7, 11) is 0. The topological polar surface area (TPSA) is 21.3 Å². The first-order valence-corrected chi connectivity index (χ1v) is 6.85. The molecular formula is C12H16INO. The van der Waals surface area contributed by atoms with Crippen molar-refractivity contribution in [2.45, 2.75) is 19.4 Å². The number of hydrogen-bond acceptors (Lipinski definition) is 2. The molecule has 0 saturated heterocycles. The molecule has 1 atom stereocenters. The third kappa shape index (κ3) is 2.84. The van der Waals surface area contributed by atoms with E-state index >= 15 is 0 Å². The van der Waals surface area contributed by atoms with Crippen molar-refractivity contribution in [1.82, 2.24) is 5.32 Å². The average Bonchev–Trinajstić information content (AvgIpc) is 2.60. The number of benzene rings is 1.